The summed E-state index contributed by atoms with van der Waals surface area (Å²) in [4.78, 5) is 2.36. The number of rotatable bonds is 2. The van der Waals surface area contributed by atoms with Crippen molar-refractivity contribution in [3.63, 3.8) is 0 Å². The minimum absolute atomic E-state index is 0.238. The number of methoxy groups -OCH3 is 1. The van der Waals surface area contributed by atoms with Gasteiger partial charge in [-0.05, 0) is 50.6 Å². The summed E-state index contributed by atoms with van der Waals surface area (Å²) >= 11 is 0. The molecule has 1 aromatic rings. The summed E-state index contributed by atoms with van der Waals surface area (Å²) in [5.41, 5.74) is 8.73. The van der Waals surface area contributed by atoms with Crippen LogP contribution in [0.15, 0.2) is 18.2 Å². The molecular weight excluding hydrogens is 212 g/mol. The van der Waals surface area contributed by atoms with Crippen LogP contribution in [0, 0.1) is 6.92 Å². The lowest BCUT2D eigenvalue weighted by molar-refractivity contribution is 0.163. The van der Waals surface area contributed by atoms with Crippen LogP contribution in [-0.2, 0) is 0 Å². The lowest BCUT2D eigenvalue weighted by Gasteiger charge is -2.37. The Balaban J connectivity index is 2.29. The Kier molecular flexibility index (Phi) is 3.69. The summed E-state index contributed by atoms with van der Waals surface area (Å²) in [6.07, 6.45) is 2.31. The Morgan fingerprint density at radius 3 is 2.76 bits per heavy atom. The van der Waals surface area contributed by atoms with Crippen molar-refractivity contribution in [2.24, 2.45) is 5.73 Å². The third-order valence-corrected chi connectivity index (χ3v) is 3.69. The zero-order chi connectivity index (χ0) is 12.4. The van der Waals surface area contributed by atoms with Gasteiger partial charge in [0, 0.05) is 12.1 Å². The molecule has 3 nitrogen and oxygen atoms in total. The van der Waals surface area contributed by atoms with Gasteiger partial charge in [-0.25, -0.2) is 0 Å². The third-order valence-electron chi connectivity index (χ3n) is 3.69. The van der Waals surface area contributed by atoms with Crippen LogP contribution >= 0.6 is 0 Å². The second-order valence-electron chi connectivity index (χ2n) is 4.96. The van der Waals surface area contributed by atoms with Gasteiger partial charge in [0.2, 0.25) is 0 Å². The van der Waals surface area contributed by atoms with Gasteiger partial charge < -0.3 is 10.5 Å². The van der Waals surface area contributed by atoms with Gasteiger partial charge in [0.1, 0.15) is 5.75 Å². The molecule has 2 rings (SSSR count). The van der Waals surface area contributed by atoms with Gasteiger partial charge in [-0.2, -0.15) is 0 Å². The second-order valence-corrected chi connectivity index (χ2v) is 4.96. The van der Waals surface area contributed by atoms with Gasteiger partial charge in [0.15, 0.2) is 0 Å². The van der Waals surface area contributed by atoms with Crippen LogP contribution in [0.4, 0.5) is 0 Å². The maximum atomic E-state index is 6.25. The molecular formula is C14H22N2O. The van der Waals surface area contributed by atoms with E-state index in [0.29, 0.717) is 6.04 Å². The molecule has 1 aromatic carbocycles. The van der Waals surface area contributed by atoms with Crippen molar-refractivity contribution < 1.29 is 4.74 Å². The van der Waals surface area contributed by atoms with Crippen LogP contribution in [0.1, 0.15) is 30.0 Å². The van der Waals surface area contributed by atoms with E-state index in [0.717, 1.165) is 18.7 Å². The summed E-state index contributed by atoms with van der Waals surface area (Å²) in [7, 11) is 3.86. The number of hydrogen-bond donors (Lipinski definition) is 1. The molecule has 0 amide bonds. The number of piperidine rings is 1. The number of nitrogens with zero attached hydrogens (tertiary/aromatic N) is 1. The number of likely N-dealkylation sites (tertiary alicyclic amines) is 1. The Bertz CT molecular complexity index is 382. The molecule has 0 radical (unpaired) electrons. The summed E-state index contributed by atoms with van der Waals surface area (Å²) in [6, 6.07) is 6.96. The first-order valence-corrected chi connectivity index (χ1v) is 6.24. The average Bonchev–Trinajstić information content (AvgIpc) is 2.29. The molecule has 0 aliphatic carbocycles. The highest BCUT2D eigenvalue weighted by atomic mass is 16.5. The number of hydrogen-bond acceptors (Lipinski definition) is 3. The standard InChI is InChI=1S/C14H22N2O/c1-10-9-11(6-7-13(10)17-3)14-12(15)5-4-8-16(14)2/h6-7,9,12,14H,4-5,8,15H2,1-3H3. The van der Waals surface area contributed by atoms with Crippen LogP contribution in [0.3, 0.4) is 0 Å². The molecule has 2 atom stereocenters. The Morgan fingerprint density at radius 2 is 2.18 bits per heavy atom. The summed E-state index contributed by atoms with van der Waals surface area (Å²) in [6.45, 7) is 3.21. The molecule has 0 saturated carbocycles. The maximum Gasteiger partial charge on any atom is 0.121 e. The van der Waals surface area contributed by atoms with Crippen LogP contribution < -0.4 is 10.5 Å². The van der Waals surface area contributed by atoms with E-state index in [1.165, 1.54) is 17.5 Å². The maximum absolute atomic E-state index is 6.25. The summed E-state index contributed by atoms with van der Waals surface area (Å²) in [5, 5.41) is 0. The highest BCUT2D eigenvalue weighted by Gasteiger charge is 2.27. The van der Waals surface area contributed by atoms with Crippen molar-refractivity contribution in [3.05, 3.63) is 29.3 Å². The van der Waals surface area contributed by atoms with Crippen LogP contribution in [-0.4, -0.2) is 31.6 Å². The molecule has 0 spiro atoms. The first-order valence-electron chi connectivity index (χ1n) is 6.24. The highest BCUT2D eigenvalue weighted by Crippen LogP contribution is 2.31. The van der Waals surface area contributed by atoms with E-state index in [-0.39, 0.29) is 6.04 Å². The van der Waals surface area contributed by atoms with E-state index >= 15 is 0 Å². The topological polar surface area (TPSA) is 38.5 Å². The molecule has 94 valence electrons. The molecule has 1 fully saturated rings. The fraction of sp³-hybridized carbons (Fsp3) is 0.571. The van der Waals surface area contributed by atoms with Crippen molar-refractivity contribution in [2.75, 3.05) is 20.7 Å². The van der Waals surface area contributed by atoms with E-state index < -0.39 is 0 Å². The molecule has 1 aliphatic heterocycles. The Hall–Kier alpha value is -1.06. The van der Waals surface area contributed by atoms with Crippen LogP contribution in [0.25, 0.3) is 0 Å². The zero-order valence-electron chi connectivity index (χ0n) is 10.9. The van der Waals surface area contributed by atoms with Gasteiger partial charge in [-0.1, -0.05) is 12.1 Å². The van der Waals surface area contributed by atoms with E-state index in [1.807, 2.05) is 6.07 Å². The lowest BCUT2D eigenvalue weighted by atomic mass is 9.90. The SMILES string of the molecule is COc1ccc(C2C(N)CCCN2C)cc1C. The number of benzene rings is 1. The molecule has 1 aliphatic rings. The van der Waals surface area contributed by atoms with Gasteiger partial charge in [0.25, 0.3) is 0 Å². The average molecular weight is 234 g/mol. The minimum atomic E-state index is 0.238. The van der Waals surface area contributed by atoms with Crippen molar-refractivity contribution >= 4 is 0 Å². The van der Waals surface area contributed by atoms with Gasteiger partial charge in [-0.15, -0.1) is 0 Å². The lowest BCUT2D eigenvalue weighted by Crippen LogP contribution is -2.43. The monoisotopic (exact) mass is 234 g/mol. The van der Waals surface area contributed by atoms with Gasteiger partial charge in [0.05, 0.1) is 7.11 Å². The highest BCUT2D eigenvalue weighted by molar-refractivity contribution is 5.38. The smallest absolute Gasteiger partial charge is 0.121 e. The number of nitrogens with two attached hydrogens (primary N) is 1. The van der Waals surface area contributed by atoms with Gasteiger partial charge >= 0.3 is 0 Å². The molecule has 0 aromatic heterocycles. The molecule has 1 saturated heterocycles. The van der Waals surface area contributed by atoms with Crippen molar-refractivity contribution in [3.8, 4) is 5.75 Å². The summed E-state index contributed by atoms with van der Waals surface area (Å²) < 4.78 is 5.30. The molecule has 17 heavy (non-hydrogen) atoms. The fourth-order valence-electron chi connectivity index (χ4n) is 2.79. The third kappa shape index (κ3) is 2.45. The van der Waals surface area contributed by atoms with E-state index in [2.05, 4.69) is 31.0 Å². The zero-order valence-corrected chi connectivity index (χ0v) is 10.9. The van der Waals surface area contributed by atoms with Crippen LogP contribution in [0.5, 0.6) is 5.75 Å². The minimum Gasteiger partial charge on any atom is -0.496 e. The predicted octanol–water partition coefficient (Wildman–Crippen LogP) is 2.10. The van der Waals surface area contributed by atoms with Crippen molar-refractivity contribution in [1.29, 1.82) is 0 Å². The first-order chi connectivity index (χ1) is 8.13. The normalized spacial score (nSPS) is 25.9. The number of likely N-dealkylation sites (N-methyl/N-ethyl adjacent to an activating group) is 1. The predicted molar refractivity (Wildman–Crippen MR) is 70.3 cm³/mol. The molecule has 2 N–H and O–H groups in total. The molecule has 2 unspecified atom stereocenters. The van der Waals surface area contributed by atoms with E-state index in [1.54, 1.807) is 7.11 Å². The van der Waals surface area contributed by atoms with Gasteiger partial charge in [-0.3, -0.25) is 4.90 Å². The van der Waals surface area contributed by atoms with E-state index in [4.69, 9.17) is 10.5 Å². The van der Waals surface area contributed by atoms with Crippen molar-refractivity contribution in [2.45, 2.75) is 31.8 Å². The fourth-order valence-corrected chi connectivity index (χ4v) is 2.79. The number of aryl methyl sites for hydroxylation is 1. The Labute approximate surface area is 104 Å². The summed E-state index contributed by atoms with van der Waals surface area (Å²) in [5.74, 6) is 0.945. The quantitative estimate of drug-likeness (QED) is 0.851. The molecule has 1 heterocycles. The molecule has 3 heteroatoms. The Morgan fingerprint density at radius 1 is 1.41 bits per heavy atom. The first kappa shape index (κ1) is 12.4. The molecule has 0 bridgehead atoms. The largest absolute Gasteiger partial charge is 0.496 e. The van der Waals surface area contributed by atoms with Crippen molar-refractivity contribution in [1.82, 2.24) is 4.90 Å². The van der Waals surface area contributed by atoms with E-state index in [9.17, 15) is 0 Å². The second kappa shape index (κ2) is 5.07. The van der Waals surface area contributed by atoms with Crippen LogP contribution in [0.2, 0.25) is 0 Å². The number of ether oxygens (including phenoxy) is 1.